The fourth-order valence-electron chi connectivity index (χ4n) is 2.96. The summed E-state index contributed by atoms with van der Waals surface area (Å²) < 4.78 is 25.4. The number of carbonyl (C=O) groups is 1. The van der Waals surface area contributed by atoms with Gasteiger partial charge in [-0.15, -0.1) is 0 Å². The van der Waals surface area contributed by atoms with Crippen LogP contribution in [0.15, 0.2) is 24.3 Å². The van der Waals surface area contributed by atoms with Crippen molar-refractivity contribution in [3.63, 3.8) is 0 Å². The van der Waals surface area contributed by atoms with Crippen LogP contribution in [0.5, 0.6) is 0 Å². The molecule has 0 bridgehead atoms. The third-order valence-electron chi connectivity index (χ3n) is 3.81. The van der Waals surface area contributed by atoms with E-state index in [1.165, 1.54) is 6.07 Å². The van der Waals surface area contributed by atoms with Gasteiger partial charge in [-0.25, -0.2) is 9.18 Å². The summed E-state index contributed by atoms with van der Waals surface area (Å²) in [5.41, 5.74) is -1.05. The summed E-state index contributed by atoms with van der Waals surface area (Å²) >= 11 is 0. The highest BCUT2D eigenvalue weighted by Gasteiger charge is 2.48. The molecule has 5 heteroatoms. The van der Waals surface area contributed by atoms with Crippen molar-refractivity contribution in [3.05, 3.63) is 35.6 Å². The quantitative estimate of drug-likeness (QED) is 0.925. The summed E-state index contributed by atoms with van der Waals surface area (Å²) in [6, 6.07) is 6.50. The van der Waals surface area contributed by atoms with Crippen LogP contribution in [0, 0.1) is 5.82 Å². The second kappa shape index (κ2) is 6.24. The maximum atomic E-state index is 14.3. The summed E-state index contributed by atoms with van der Waals surface area (Å²) in [5.74, 6) is -0.345. The lowest BCUT2D eigenvalue weighted by Crippen LogP contribution is -2.53. The van der Waals surface area contributed by atoms with Gasteiger partial charge in [0.05, 0.1) is 11.6 Å². The summed E-state index contributed by atoms with van der Waals surface area (Å²) in [5, 5.41) is 2.88. The van der Waals surface area contributed by atoms with Crippen LogP contribution in [0.1, 0.15) is 46.1 Å². The Labute approximate surface area is 131 Å². The van der Waals surface area contributed by atoms with Crippen LogP contribution in [0.25, 0.3) is 0 Å². The molecule has 0 aliphatic carbocycles. The van der Waals surface area contributed by atoms with Crippen LogP contribution < -0.4 is 5.32 Å². The summed E-state index contributed by atoms with van der Waals surface area (Å²) in [6.45, 7) is 7.82. The van der Waals surface area contributed by atoms with Crippen molar-refractivity contribution < 1.29 is 18.7 Å². The van der Waals surface area contributed by atoms with E-state index < -0.39 is 17.2 Å². The molecule has 0 spiro atoms. The van der Waals surface area contributed by atoms with Gasteiger partial charge in [0.1, 0.15) is 11.4 Å². The van der Waals surface area contributed by atoms with Gasteiger partial charge in [0, 0.05) is 18.6 Å². The van der Waals surface area contributed by atoms with Gasteiger partial charge < -0.3 is 14.8 Å². The highest BCUT2D eigenvalue weighted by Crippen LogP contribution is 2.39. The lowest BCUT2D eigenvalue weighted by Gasteiger charge is -2.36. The number of benzene rings is 1. The Hall–Kier alpha value is -1.62. The number of ether oxygens (including phenoxy) is 2. The number of alkyl carbamates (subject to hydrolysis) is 1. The zero-order valence-corrected chi connectivity index (χ0v) is 13.6. The molecule has 1 heterocycles. The molecule has 1 amide bonds. The van der Waals surface area contributed by atoms with E-state index in [0.29, 0.717) is 25.0 Å². The fraction of sp³-hybridized carbons (Fsp3) is 0.588. The van der Waals surface area contributed by atoms with Crippen LogP contribution in [-0.4, -0.2) is 24.4 Å². The molecule has 4 nitrogen and oxygen atoms in total. The minimum atomic E-state index is -0.886. The molecule has 1 fully saturated rings. The molecule has 0 radical (unpaired) electrons. The number of carbonyl (C=O) groups excluding carboxylic acids is 1. The molecule has 1 N–H and O–H groups in total. The molecule has 2 atom stereocenters. The van der Waals surface area contributed by atoms with Crippen molar-refractivity contribution in [3.8, 4) is 0 Å². The van der Waals surface area contributed by atoms with Gasteiger partial charge in [0.15, 0.2) is 0 Å². The van der Waals surface area contributed by atoms with E-state index in [0.717, 1.165) is 0 Å². The van der Waals surface area contributed by atoms with Gasteiger partial charge in [-0.2, -0.15) is 0 Å². The summed E-state index contributed by atoms with van der Waals surface area (Å²) in [4.78, 5) is 12.3. The molecule has 1 aliphatic heterocycles. The maximum Gasteiger partial charge on any atom is 0.408 e. The lowest BCUT2D eigenvalue weighted by molar-refractivity contribution is 0.0283. The minimum absolute atomic E-state index is 0.281. The van der Waals surface area contributed by atoms with Gasteiger partial charge in [-0.3, -0.25) is 0 Å². The predicted octanol–water partition coefficient (Wildman–Crippen LogP) is 3.74. The second-order valence-electron chi connectivity index (χ2n) is 6.60. The van der Waals surface area contributed by atoms with Crippen LogP contribution in [0.4, 0.5) is 9.18 Å². The Morgan fingerprint density at radius 3 is 2.73 bits per heavy atom. The number of nitrogens with one attached hydrogen (secondary N) is 1. The Kier molecular flexibility index (Phi) is 4.75. The van der Waals surface area contributed by atoms with Crippen molar-refractivity contribution in [1.82, 2.24) is 5.32 Å². The van der Waals surface area contributed by atoms with Gasteiger partial charge in [-0.05, 0) is 33.3 Å². The van der Waals surface area contributed by atoms with Crippen molar-refractivity contribution in [2.24, 2.45) is 0 Å². The van der Waals surface area contributed by atoms with E-state index in [1.54, 1.807) is 39.0 Å². The molecular formula is C17H24FNO3. The van der Waals surface area contributed by atoms with Crippen molar-refractivity contribution in [2.45, 2.75) is 57.8 Å². The predicted molar refractivity (Wildman–Crippen MR) is 82.1 cm³/mol. The van der Waals surface area contributed by atoms with E-state index >= 15 is 0 Å². The van der Waals surface area contributed by atoms with Crippen molar-refractivity contribution in [1.29, 1.82) is 0 Å². The van der Waals surface area contributed by atoms with E-state index in [2.05, 4.69) is 5.32 Å². The Balaban J connectivity index is 2.36. The van der Waals surface area contributed by atoms with Crippen molar-refractivity contribution in [2.75, 3.05) is 6.61 Å². The highest BCUT2D eigenvalue weighted by atomic mass is 19.1. The smallest absolute Gasteiger partial charge is 0.408 e. The topological polar surface area (TPSA) is 47.6 Å². The van der Waals surface area contributed by atoms with E-state index in [1.807, 2.05) is 6.92 Å². The molecule has 0 saturated carbocycles. The van der Waals surface area contributed by atoms with E-state index in [4.69, 9.17) is 9.47 Å². The van der Waals surface area contributed by atoms with Crippen LogP contribution in [0.3, 0.4) is 0 Å². The number of hydrogen-bond donors (Lipinski definition) is 1. The standard InChI is InChI=1S/C17H24FNO3/c1-5-14-17(10-11-21-14,12-8-6-7-9-13(12)18)19-15(20)22-16(2,3)4/h6-9,14H,5,10-11H2,1-4H3,(H,19,20). The molecule has 0 aromatic heterocycles. The molecule has 1 aliphatic rings. The lowest BCUT2D eigenvalue weighted by atomic mass is 9.82. The van der Waals surface area contributed by atoms with Gasteiger partial charge in [0.25, 0.3) is 0 Å². The zero-order chi connectivity index (χ0) is 16.4. The van der Waals surface area contributed by atoms with Crippen LogP contribution in [-0.2, 0) is 15.0 Å². The Bertz CT molecular complexity index is 541. The maximum absolute atomic E-state index is 14.3. The first-order valence-corrected chi connectivity index (χ1v) is 7.66. The monoisotopic (exact) mass is 309 g/mol. The third-order valence-corrected chi connectivity index (χ3v) is 3.81. The normalized spacial score (nSPS) is 25.0. The number of amides is 1. The molecule has 122 valence electrons. The number of halogens is 1. The molecule has 2 unspecified atom stereocenters. The third kappa shape index (κ3) is 3.40. The fourth-order valence-corrected chi connectivity index (χ4v) is 2.96. The molecule has 1 saturated heterocycles. The average Bonchev–Trinajstić information content (AvgIpc) is 2.80. The van der Waals surface area contributed by atoms with Gasteiger partial charge >= 0.3 is 6.09 Å². The van der Waals surface area contributed by atoms with Crippen molar-refractivity contribution >= 4 is 6.09 Å². The van der Waals surface area contributed by atoms with E-state index in [-0.39, 0.29) is 11.9 Å². The van der Waals surface area contributed by atoms with Crippen LogP contribution in [0.2, 0.25) is 0 Å². The highest BCUT2D eigenvalue weighted by molar-refractivity contribution is 5.69. The zero-order valence-electron chi connectivity index (χ0n) is 13.6. The Morgan fingerprint density at radius 2 is 2.14 bits per heavy atom. The Morgan fingerprint density at radius 1 is 1.45 bits per heavy atom. The first-order valence-electron chi connectivity index (χ1n) is 7.66. The minimum Gasteiger partial charge on any atom is -0.444 e. The molecule has 22 heavy (non-hydrogen) atoms. The average molecular weight is 309 g/mol. The number of hydrogen-bond acceptors (Lipinski definition) is 3. The van der Waals surface area contributed by atoms with Crippen LogP contribution >= 0.6 is 0 Å². The summed E-state index contributed by atoms with van der Waals surface area (Å²) in [6.07, 6.45) is 0.354. The molecule has 2 rings (SSSR count). The van der Waals surface area contributed by atoms with Gasteiger partial charge in [0.2, 0.25) is 0 Å². The summed E-state index contributed by atoms with van der Waals surface area (Å²) in [7, 11) is 0. The van der Waals surface area contributed by atoms with Gasteiger partial charge in [-0.1, -0.05) is 25.1 Å². The molecule has 1 aromatic rings. The molecule has 1 aromatic carbocycles. The molecular weight excluding hydrogens is 285 g/mol. The first-order chi connectivity index (χ1) is 10.3. The second-order valence-corrected chi connectivity index (χ2v) is 6.60. The SMILES string of the molecule is CCC1OCCC1(NC(=O)OC(C)(C)C)c1ccccc1F. The first kappa shape index (κ1) is 16.7. The number of rotatable bonds is 3. The largest absolute Gasteiger partial charge is 0.444 e. The van der Waals surface area contributed by atoms with E-state index in [9.17, 15) is 9.18 Å².